The monoisotopic (exact) mass is 211 g/mol. The summed E-state index contributed by atoms with van der Waals surface area (Å²) in [6, 6.07) is 0. The first-order valence-corrected chi connectivity index (χ1v) is 5.89. The smallest absolute Gasteiger partial charge is 0.227 e. The topological polar surface area (TPSA) is 51.0 Å². The van der Waals surface area contributed by atoms with Crippen molar-refractivity contribution >= 4 is 0 Å². The summed E-state index contributed by atoms with van der Waals surface area (Å²) in [6.45, 7) is 4.26. The fourth-order valence-corrected chi connectivity index (χ4v) is 1.48. The normalized spacial score (nSPS) is 10.7. The molecule has 15 heavy (non-hydrogen) atoms. The summed E-state index contributed by atoms with van der Waals surface area (Å²) in [6.07, 6.45) is 8.91. The van der Waals surface area contributed by atoms with Gasteiger partial charge in [0, 0.05) is 13.0 Å². The number of nitrogens with zero attached hydrogens (tertiary/aromatic N) is 2. The van der Waals surface area contributed by atoms with Crippen molar-refractivity contribution in [3.8, 4) is 0 Å². The van der Waals surface area contributed by atoms with E-state index in [4.69, 9.17) is 4.52 Å². The number of rotatable bonds is 9. The first kappa shape index (κ1) is 12.2. The van der Waals surface area contributed by atoms with Crippen LogP contribution in [0.3, 0.4) is 0 Å². The quantitative estimate of drug-likeness (QED) is 0.636. The number of nitrogens with one attached hydrogen (secondary N) is 1. The van der Waals surface area contributed by atoms with Crippen molar-refractivity contribution in [2.45, 2.75) is 45.4 Å². The van der Waals surface area contributed by atoms with Gasteiger partial charge < -0.3 is 9.84 Å². The van der Waals surface area contributed by atoms with E-state index < -0.39 is 0 Å². The molecule has 0 aliphatic rings. The molecule has 1 N–H and O–H groups in total. The Labute approximate surface area is 91.5 Å². The highest BCUT2D eigenvalue weighted by Gasteiger charge is 1.97. The molecule has 0 aliphatic heterocycles. The van der Waals surface area contributed by atoms with Crippen LogP contribution in [-0.4, -0.2) is 23.2 Å². The molecule has 4 heteroatoms. The maximum Gasteiger partial charge on any atom is 0.227 e. The van der Waals surface area contributed by atoms with Crippen LogP contribution in [0.15, 0.2) is 10.9 Å². The lowest BCUT2D eigenvalue weighted by molar-refractivity contribution is 0.374. The highest BCUT2D eigenvalue weighted by atomic mass is 16.5. The molecule has 4 nitrogen and oxygen atoms in total. The summed E-state index contributed by atoms with van der Waals surface area (Å²) >= 11 is 0. The van der Waals surface area contributed by atoms with Gasteiger partial charge in [-0.3, -0.25) is 0 Å². The molecule has 1 rings (SSSR count). The van der Waals surface area contributed by atoms with Crippen LogP contribution < -0.4 is 5.32 Å². The second kappa shape index (κ2) is 8.41. The van der Waals surface area contributed by atoms with E-state index in [2.05, 4.69) is 22.4 Å². The zero-order chi connectivity index (χ0) is 10.8. The minimum Gasteiger partial charge on any atom is -0.340 e. The summed E-state index contributed by atoms with van der Waals surface area (Å²) < 4.78 is 4.89. The Bertz CT molecular complexity index is 224. The van der Waals surface area contributed by atoms with Crippen LogP contribution in [-0.2, 0) is 6.42 Å². The second-order valence-electron chi connectivity index (χ2n) is 3.75. The second-order valence-corrected chi connectivity index (χ2v) is 3.75. The first-order chi connectivity index (χ1) is 7.43. The molecule has 1 aromatic heterocycles. The number of hydrogen-bond acceptors (Lipinski definition) is 4. The number of aromatic nitrogens is 2. The van der Waals surface area contributed by atoms with Crippen molar-refractivity contribution in [2.75, 3.05) is 13.1 Å². The van der Waals surface area contributed by atoms with Gasteiger partial charge in [-0.25, -0.2) is 0 Å². The van der Waals surface area contributed by atoms with Crippen LogP contribution in [0.1, 0.15) is 44.9 Å². The van der Waals surface area contributed by atoms with Gasteiger partial charge in [0.05, 0.1) is 0 Å². The zero-order valence-corrected chi connectivity index (χ0v) is 9.54. The van der Waals surface area contributed by atoms with Gasteiger partial charge in [0.15, 0.2) is 6.33 Å². The predicted octanol–water partition coefficient (Wildman–Crippen LogP) is 2.17. The predicted molar refractivity (Wildman–Crippen MR) is 59.6 cm³/mol. The minimum absolute atomic E-state index is 0.716. The van der Waals surface area contributed by atoms with E-state index in [9.17, 15) is 0 Å². The molecule has 0 saturated heterocycles. The average molecular weight is 211 g/mol. The van der Waals surface area contributed by atoms with Crippen molar-refractivity contribution in [2.24, 2.45) is 0 Å². The molecule has 0 unspecified atom stereocenters. The fraction of sp³-hybridized carbons (Fsp3) is 0.818. The van der Waals surface area contributed by atoms with E-state index in [1.807, 2.05) is 0 Å². The van der Waals surface area contributed by atoms with E-state index in [-0.39, 0.29) is 0 Å². The van der Waals surface area contributed by atoms with Crippen LogP contribution in [0.2, 0.25) is 0 Å². The van der Waals surface area contributed by atoms with Crippen LogP contribution in [0.5, 0.6) is 0 Å². The third-order valence-electron chi connectivity index (χ3n) is 2.38. The summed E-state index contributed by atoms with van der Waals surface area (Å²) in [5, 5.41) is 6.93. The molecule has 0 saturated carbocycles. The van der Waals surface area contributed by atoms with Crippen molar-refractivity contribution in [3.63, 3.8) is 0 Å². The molecule has 1 aromatic rings. The Balaban J connectivity index is 1.81. The van der Waals surface area contributed by atoms with Crippen molar-refractivity contribution in [1.82, 2.24) is 15.5 Å². The van der Waals surface area contributed by atoms with Crippen molar-refractivity contribution in [1.29, 1.82) is 0 Å². The highest BCUT2D eigenvalue weighted by molar-refractivity contribution is 4.74. The molecule has 0 amide bonds. The molecule has 0 aromatic carbocycles. The van der Waals surface area contributed by atoms with Crippen molar-refractivity contribution in [3.05, 3.63) is 12.2 Å². The third kappa shape index (κ3) is 6.23. The van der Waals surface area contributed by atoms with Crippen molar-refractivity contribution < 1.29 is 4.52 Å². The van der Waals surface area contributed by atoms with Gasteiger partial charge in [-0.2, -0.15) is 4.98 Å². The van der Waals surface area contributed by atoms with E-state index in [0.29, 0.717) is 5.89 Å². The molecule has 0 aliphatic carbocycles. The number of hydrogen-bond donors (Lipinski definition) is 1. The molecule has 0 fully saturated rings. The van der Waals surface area contributed by atoms with Crippen LogP contribution in [0, 0.1) is 0 Å². The van der Waals surface area contributed by atoms with Gasteiger partial charge in [-0.1, -0.05) is 37.8 Å². The Morgan fingerprint density at radius 3 is 2.80 bits per heavy atom. The molecular weight excluding hydrogens is 190 g/mol. The Morgan fingerprint density at radius 2 is 2.07 bits per heavy atom. The van der Waals surface area contributed by atoms with Gasteiger partial charge >= 0.3 is 0 Å². The lowest BCUT2D eigenvalue weighted by Crippen LogP contribution is -2.18. The summed E-state index contributed by atoms with van der Waals surface area (Å²) in [5.41, 5.74) is 0. The summed E-state index contributed by atoms with van der Waals surface area (Å²) in [5.74, 6) is 0.716. The van der Waals surface area contributed by atoms with Crippen LogP contribution in [0.4, 0.5) is 0 Å². The molecule has 0 radical (unpaired) electrons. The molecule has 1 heterocycles. The van der Waals surface area contributed by atoms with E-state index in [1.54, 1.807) is 0 Å². The minimum atomic E-state index is 0.716. The van der Waals surface area contributed by atoms with Gasteiger partial charge in [0.1, 0.15) is 0 Å². The van der Waals surface area contributed by atoms with Gasteiger partial charge in [-0.05, 0) is 13.0 Å². The zero-order valence-electron chi connectivity index (χ0n) is 9.54. The summed E-state index contributed by atoms with van der Waals surface area (Å²) in [7, 11) is 0. The maximum atomic E-state index is 4.89. The maximum absolute atomic E-state index is 4.89. The molecular formula is C11H21N3O. The molecule has 0 spiro atoms. The first-order valence-electron chi connectivity index (χ1n) is 5.89. The molecule has 86 valence electrons. The number of unbranched alkanes of at least 4 members (excludes halogenated alkanes) is 4. The Kier molecular flexibility index (Phi) is 6.83. The van der Waals surface area contributed by atoms with Gasteiger partial charge in [0.25, 0.3) is 0 Å². The third-order valence-corrected chi connectivity index (χ3v) is 2.38. The van der Waals surface area contributed by atoms with Crippen LogP contribution >= 0.6 is 0 Å². The fourth-order valence-electron chi connectivity index (χ4n) is 1.48. The van der Waals surface area contributed by atoms with Gasteiger partial charge in [-0.15, -0.1) is 0 Å². The van der Waals surface area contributed by atoms with Crippen LogP contribution in [0.25, 0.3) is 0 Å². The average Bonchev–Trinajstić information content (AvgIpc) is 2.75. The lowest BCUT2D eigenvalue weighted by Gasteiger charge is -2.02. The SMILES string of the molecule is CCCCCCCNCCc1ncno1. The highest BCUT2D eigenvalue weighted by Crippen LogP contribution is 2.01. The lowest BCUT2D eigenvalue weighted by atomic mass is 10.1. The Morgan fingerprint density at radius 1 is 1.20 bits per heavy atom. The summed E-state index contributed by atoms with van der Waals surface area (Å²) in [4.78, 5) is 3.96. The molecule has 0 atom stereocenters. The van der Waals surface area contributed by atoms with E-state index in [0.717, 1.165) is 19.5 Å². The standard InChI is InChI=1S/C11H21N3O/c1-2-3-4-5-6-8-12-9-7-11-13-10-14-15-11/h10,12H,2-9H2,1H3. The largest absolute Gasteiger partial charge is 0.340 e. The van der Waals surface area contributed by atoms with E-state index >= 15 is 0 Å². The van der Waals surface area contributed by atoms with Gasteiger partial charge in [0.2, 0.25) is 5.89 Å². The Hall–Kier alpha value is -0.900. The van der Waals surface area contributed by atoms with E-state index in [1.165, 1.54) is 38.4 Å². The molecule has 0 bridgehead atoms.